The van der Waals surface area contributed by atoms with E-state index in [9.17, 15) is 19.2 Å². The second kappa shape index (κ2) is 13.7. The molecule has 0 bridgehead atoms. The summed E-state index contributed by atoms with van der Waals surface area (Å²) in [7, 11) is 0. The standard InChI is InChI=1S/C38H36FN9O6/c39-29-18-26-27(38(52)48(37(26)51)31-6-7-33(49)40-36(31)50)19-32(29)47-14-8-21(9-15-47)20-46-12-10-24(11-13-46)53-25-3-1-2-22(16-25)34-28-17-23(35-41-44-45-42-35)4-5-30(28)43-54-34/h1-5,16-19,21,24,31H,6-15,20H2,(H,40,49,50)(H,41,42,44,45). The summed E-state index contributed by atoms with van der Waals surface area (Å²) in [4.78, 5) is 55.7. The summed E-state index contributed by atoms with van der Waals surface area (Å²) in [6, 6.07) is 15.0. The number of ether oxygens (including phenoxy) is 1. The summed E-state index contributed by atoms with van der Waals surface area (Å²) in [5, 5.41) is 21.5. The number of H-pyrrole nitrogens is 1. The molecule has 2 N–H and O–H groups in total. The number of carbonyl (C=O) groups is 4. The lowest BCUT2D eigenvalue weighted by Crippen LogP contribution is -2.54. The van der Waals surface area contributed by atoms with Gasteiger partial charge in [-0.1, -0.05) is 17.3 Å². The fraction of sp³-hybridized carbons (Fsp3) is 0.368. The summed E-state index contributed by atoms with van der Waals surface area (Å²) in [5.74, 6) is -0.726. The summed E-state index contributed by atoms with van der Waals surface area (Å²) in [5.41, 5.74) is 2.70. The second-order valence-corrected chi connectivity index (χ2v) is 14.4. The summed E-state index contributed by atoms with van der Waals surface area (Å²) in [6.07, 6.45) is 3.67. The van der Waals surface area contributed by atoms with Gasteiger partial charge in [0.05, 0.1) is 22.2 Å². The zero-order valence-electron chi connectivity index (χ0n) is 29.2. The number of hydrogen-bond donors (Lipinski definition) is 2. The largest absolute Gasteiger partial charge is 0.490 e. The molecular formula is C38H36FN9O6. The number of likely N-dealkylation sites (tertiary alicyclic amines) is 1. The molecule has 16 heteroatoms. The van der Waals surface area contributed by atoms with Crippen LogP contribution in [0.3, 0.4) is 0 Å². The van der Waals surface area contributed by atoms with E-state index in [-0.39, 0.29) is 35.8 Å². The van der Waals surface area contributed by atoms with Gasteiger partial charge < -0.3 is 19.1 Å². The quantitative estimate of drug-likeness (QED) is 0.220. The zero-order chi connectivity index (χ0) is 36.9. The van der Waals surface area contributed by atoms with Gasteiger partial charge in [-0.3, -0.25) is 29.4 Å². The number of anilines is 1. The fourth-order valence-corrected chi connectivity index (χ4v) is 8.13. The average molecular weight is 734 g/mol. The van der Waals surface area contributed by atoms with Crippen LogP contribution in [0.2, 0.25) is 0 Å². The number of hydrogen-bond acceptors (Lipinski definition) is 12. The number of tetrazole rings is 1. The Bertz CT molecular complexity index is 2280. The van der Waals surface area contributed by atoms with Crippen molar-refractivity contribution in [2.75, 3.05) is 37.6 Å². The van der Waals surface area contributed by atoms with Gasteiger partial charge in [-0.05, 0) is 85.7 Å². The molecule has 3 saturated heterocycles. The molecule has 9 rings (SSSR count). The van der Waals surface area contributed by atoms with Crippen molar-refractivity contribution in [2.24, 2.45) is 5.92 Å². The van der Waals surface area contributed by atoms with Crippen LogP contribution in [0, 0.1) is 11.7 Å². The lowest BCUT2D eigenvalue weighted by atomic mass is 9.94. The van der Waals surface area contributed by atoms with Gasteiger partial charge in [-0.15, -0.1) is 10.2 Å². The van der Waals surface area contributed by atoms with Crippen molar-refractivity contribution in [3.05, 3.63) is 71.5 Å². The van der Waals surface area contributed by atoms with Crippen LogP contribution in [0.5, 0.6) is 5.75 Å². The number of aromatic nitrogens is 5. The van der Waals surface area contributed by atoms with Gasteiger partial charge >= 0.3 is 0 Å². The molecule has 15 nitrogen and oxygen atoms in total. The first kappa shape index (κ1) is 33.8. The number of carbonyl (C=O) groups excluding carboxylic acids is 4. The van der Waals surface area contributed by atoms with Crippen LogP contribution in [0.1, 0.15) is 59.2 Å². The molecule has 2 aromatic heterocycles. The van der Waals surface area contributed by atoms with Crippen molar-refractivity contribution in [1.82, 2.24) is 40.9 Å². The predicted molar refractivity (Wildman–Crippen MR) is 191 cm³/mol. The molecule has 6 heterocycles. The molecule has 276 valence electrons. The molecule has 1 atom stereocenters. The summed E-state index contributed by atoms with van der Waals surface area (Å²) in [6.45, 7) is 4.01. The summed E-state index contributed by atoms with van der Waals surface area (Å²) < 4.78 is 27.6. The third-order valence-electron chi connectivity index (χ3n) is 11.0. The number of piperidine rings is 3. The first-order chi connectivity index (χ1) is 26.3. The minimum Gasteiger partial charge on any atom is -0.490 e. The SMILES string of the molecule is O=C1CCC(N2C(=O)c3cc(F)c(N4CCC(CN5CCC(Oc6cccc(-c7onc8ccc(-c9nn[nH]n9)cc78)c6)CC5)CC4)cc3C2=O)C(=O)N1. The lowest BCUT2D eigenvalue weighted by molar-refractivity contribution is -0.136. The third kappa shape index (κ3) is 6.25. The predicted octanol–water partition coefficient (Wildman–Crippen LogP) is 3.98. The highest BCUT2D eigenvalue weighted by Crippen LogP contribution is 2.36. The monoisotopic (exact) mass is 733 g/mol. The number of imide groups is 2. The van der Waals surface area contributed by atoms with Crippen molar-refractivity contribution in [2.45, 2.75) is 50.7 Å². The Morgan fingerprint density at radius 2 is 1.67 bits per heavy atom. The number of amides is 4. The number of rotatable bonds is 8. The molecule has 4 amide bonds. The van der Waals surface area contributed by atoms with Crippen LogP contribution in [0.4, 0.5) is 10.1 Å². The highest BCUT2D eigenvalue weighted by atomic mass is 19.1. The number of nitrogens with one attached hydrogen (secondary N) is 2. The van der Waals surface area contributed by atoms with E-state index in [4.69, 9.17) is 9.26 Å². The molecule has 54 heavy (non-hydrogen) atoms. The van der Waals surface area contributed by atoms with Gasteiger partial charge in [-0.25, -0.2) is 4.39 Å². The maximum Gasteiger partial charge on any atom is 0.262 e. The minimum atomic E-state index is -1.09. The van der Waals surface area contributed by atoms with Gasteiger partial charge in [0, 0.05) is 50.3 Å². The highest BCUT2D eigenvalue weighted by molar-refractivity contribution is 6.23. The molecule has 1 unspecified atom stereocenters. The highest BCUT2D eigenvalue weighted by Gasteiger charge is 2.45. The van der Waals surface area contributed by atoms with Crippen molar-refractivity contribution < 1.29 is 32.8 Å². The van der Waals surface area contributed by atoms with E-state index in [0.29, 0.717) is 30.6 Å². The lowest BCUT2D eigenvalue weighted by Gasteiger charge is -2.38. The molecule has 3 fully saturated rings. The topological polar surface area (TPSA) is 180 Å². The number of fused-ring (bicyclic) bond motifs is 2. The van der Waals surface area contributed by atoms with Gasteiger partial charge in [0.1, 0.15) is 29.2 Å². The first-order valence-corrected chi connectivity index (χ1v) is 18.2. The Morgan fingerprint density at radius 3 is 2.43 bits per heavy atom. The zero-order valence-corrected chi connectivity index (χ0v) is 29.2. The molecule has 4 aliphatic rings. The minimum absolute atomic E-state index is 0.0227. The van der Waals surface area contributed by atoms with Crippen LogP contribution in [0.25, 0.3) is 33.6 Å². The molecule has 0 radical (unpaired) electrons. The third-order valence-corrected chi connectivity index (χ3v) is 11.0. The van der Waals surface area contributed by atoms with E-state index >= 15 is 4.39 Å². The second-order valence-electron chi connectivity index (χ2n) is 14.4. The van der Waals surface area contributed by atoms with Crippen LogP contribution < -0.4 is 15.0 Å². The number of nitrogens with zero attached hydrogens (tertiary/aromatic N) is 7. The number of benzene rings is 3. The van der Waals surface area contributed by atoms with Gasteiger partial charge in [0.2, 0.25) is 17.6 Å². The number of halogens is 1. The molecule has 0 aliphatic carbocycles. The molecule has 3 aromatic carbocycles. The Kier molecular flexibility index (Phi) is 8.60. The van der Waals surface area contributed by atoms with Crippen LogP contribution >= 0.6 is 0 Å². The van der Waals surface area contributed by atoms with Gasteiger partial charge in [0.15, 0.2) is 5.76 Å². The van der Waals surface area contributed by atoms with Crippen molar-refractivity contribution >= 4 is 40.2 Å². The maximum atomic E-state index is 15.4. The van der Waals surface area contributed by atoms with E-state index in [0.717, 1.165) is 84.1 Å². The van der Waals surface area contributed by atoms with Crippen LogP contribution in [-0.2, 0) is 9.59 Å². The maximum absolute atomic E-state index is 15.4. The van der Waals surface area contributed by atoms with Gasteiger partial charge in [-0.2, -0.15) is 5.21 Å². The van der Waals surface area contributed by atoms with E-state index in [1.54, 1.807) is 0 Å². The van der Waals surface area contributed by atoms with Crippen LogP contribution in [0.15, 0.2) is 59.1 Å². The van der Waals surface area contributed by atoms with E-state index < -0.39 is 35.5 Å². The number of aromatic amines is 1. The fourth-order valence-electron chi connectivity index (χ4n) is 8.13. The van der Waals surface area contributed by atoms with Gasteiger partial charge in [0.25, 0.3) is 11.8 Å². The first-order valence-electron chi connectivity index (χ1n) is 18.2. The smallest absolute Gasteiger partial charge is 0.262 e. The molecule has 4 aliphatic heterocycles. The molecule has 0 saturated carbocycles. The average Bonchev–Trinajstić information content (AvgIpc) is 3.92. The normalized spacial score (nSPS) is 20.2. The van der Waals surface area contributed by atoms with Crippen molar-refractivity contribution in [3.63, 3.8) is 0 Å². The van der Waals surface area contributed by atoms with Crippen molar-refractivity contribution in [1.29, 1.82) is 0 Å². The summed E-state index contributed by atoms with van der Waals surface area (Å²) >= 11 is 0. The van der Waals surface area contributed by atoms with E-state index in [1.165, 1.54) is 6.07 Å². The Hall–Kier alpha value is -6.03. The Balaban J connectivity index is 0.779. The molecule has 5 aromatic rings. The molecular weight excluding hydrogens is 697 g/mol. The Labute approximate surface area is 307 Å². The van der Waals surface area contributed by atoms with E-state index in [2.05, 4.69) is 36.0 Å². The molecule has 0 spiro atoms. The Morgan fingerprint density at radius 1 is 0.870 bits per heavy atom. The van der Waals surface area contributed by atoms with Crippen molar-refractivity contribution in [3.8, 4) is 28.5 Å². The van der Waals surface area contributed by atoms with Crippen LogP contribution in [-0.4, -0.2) is 104 Å². The van der Waals surface area contributed by atoms with E-state index in [1.807, 2.05) is 47.4 Å².